The number of fused-ring (bicyclic) bond motifs is 3. The minimum Gasteiger partial charge on any atom is -0.319 e. The summed E-state index contributed by atoms with van der Waals surface area (Å²) in [5.41, 5.74) is 1.23. The maximum atomic E-state index is 11.5. The summed E-state index contributed by atoms with van der Waals surface area (Å²) in [4.78, 5) is 18.4. The highest BCUT2D eigenvalue weighted by Gasteiger charge is 2.05. The number of nitrogens with zero attached hydrogens (tertiary/aromatic N) is 2. The third-order valence-corrected chi connectivity index (χ3v) is 2.72. The third-order valence-electron chi connectivity index (χ3n) is 2.72. The molecule has 0 saturated carbocycles. The number of hydrogen-bond donors (Lipinski definition) is 1. The van der Waals surface area contributed by atoms with Crippen LogP contribution in [0.3, 0.4) is 0 Å². The van der Waals surface area contributed by atoms with Gasteiger partial charge in [-0.3, -0.25) is 9.78 Å². The molecule has 80 valence electrons. The van der Waals surface area contributed by atoms with E-state index in [0.29, 0.717) is 5.52 Å². The molecule has 0 aliphatic carbocycles. The zero-order valence-electron chi connectivity index (χ0n) is 8.77. The number of para-hydroxylation sites is 1. The maximum Gasteiger partial charge on any atom is 0.266 e. The van der Waals surface area contributed by atoms with E-state index in [0.717, 1.165) is 16.3 Å². The summed E-state index contributed by atoms with van der Waals surface area (Å²) in [6, 6.07) is 11.1. The molecule has 0 saturated heterocycles. The molecule has 4 heteroatoms. The quantitative estimate of drug-likeness (QED) is 0.590. The van der Waals surface area contributed by atoms with Crippen LogP contribution in [0.5, 0.6) is 0 Å². The van der Waals surface area contributed by atoms with Gasteiger partial charge in [0, 0.05) is 10.8 Å². The first-order valence-electron chi connectivity index (χ1n) is 5.10. The molecule has 0 aliphatic heterocycles. The van der Waals surface area contributed by atoms with E-state index in [1.807, 2.05) is 30.3 Å². The van der Waals surface area contributed by atoms with E-state index in [1.165, 1.54) is 0 Å². The fourth-order valence-corrected chi connectivity index (χ4v) is 1.90. The lowest BCUT2D eigenvalue weighted by Crippen LogP contribution is -2.09. The topological polar surface area (TPSA) is 69.5 Å². The molecular weight excluding hydrogens is 214 g/mol. The van der Waals surface area contributed by atoms with Crippen molar-refractivity contribution in [3.05, 3.63) is 52.4 Å². The zero-order valence-corrected chi connectivity index (χ0v) is 8.77. The van der Waals surface area contributed by atoms with Crippen LogP contribution in [0.1, 0.15) is 5.56 Å². The van der Waals surface area contributed by atoms with Crippen LogP contribution in [0, 0.1) is 11.3 Å². The number of nitriles is 1. The molecule has 0 spiro atoms. The minimum atomic E-state index is -0.378. The number of pyridine rings is 2. The number of rotatable bonds is 0. The molecule has 3 rings (SSSR count). The van der Waals surface area contributed by atoms with E-state index in [9.17, 15) is 4.79 Å². The average molecular weight is 221 g/mol. The van der Waals surface area contributed by atoms with Crippen molar-refractivity contribution in [2.75, 3.05) is 0 Å². The minimum absolute atomic E-state index is 0.119. The van der Waals surface area contributed by atoms with Gasteiger partial charge in [-0.25, -0.2) is 0 Å². The van der Waals surface area contributed by atoms with Gasteiger partial charge >= 0.3 is 0 Å². The molecule has 2 heterocycles. The summed E-state index contributed by atoms with van der Waals surface area (Å²) in [6.07, 6.45) is 1.61. The SMILES string of the molecule is N#Cc1cc2c(cnc3ccccc32)[nH]c1=O. The number of nitrogens with one attached hydrogen (secondary N) is 1. The van der Waals surface area contributed by atoms with Crippen molar-refractivity contribution in [1.29, 1.82) is 5.26 Å². The molecule has 17 heavy (non-hydrogen) atoms. The standard InChI is InChI=1S/C13H7N3O/c14-6-8-5-10-9-3-1-2-4-11(9)15-7-12(10)16-13(8)17/h1-5,7H,(H,16,17). The fraction of sp³-hybridized carbons (Fsp3) is 0. The molecule has 1 N–H and O–H groups in total. The summed E-state index contributed by atoms with van der Waals surface area (Å²) in [5.74, 6) is 0. The molecule has 0 fully saturated rings. The van der Waals surface area contributed by atoms with Gasteiger partial charge < -0.3 is 4.98 Å². The predicted molar refractivity (Wildman–Crippen MR) is 64.6 cm³/mol. The summed E-state index contributed by atoms with van der Waals surface area (Å²) >= 11 is 0. The Bertz CT molecular complexity index is 827. The van der Waals surface area contributed by atoms with Crippen molar-refractivity contribution in [1.82, 2.24) is 9.97 Å². The van der Waals surface area contributed by atoms with Crippen LogP contribution in [0.15, 0.2) is 41.3 Å². The van der Waals surface area contributed by atoms with Gasteiger partial charge in [-0.05, 0) is 12.1 Å². The molecule has 2 aromatic heterocycles. The van der Waals surface area contributed by atoms with Crippen LogP contribution in [-0.2, 0) is 0 Å². The molecule has 1 aromatic carbocycles. The second-order valence-electron chi connectivity index (χ2n) is 3.73. The summed E-state index contributed by atoms with van der Waals surface area (Å²) in [5, 5.41) is 10.6. The molecule has 0 unspecified atom stereocenters. The van der Waals surface area contributed by atoms with Crippen molar-refractivity contribution in [2.24, 2.45) is 0 Å². The first-order chi connectivity index (χ1) is 8.29. The molecule has 0 atom stereocenters. The van der Waals surface area contributed by atoms with Gasteiger partial charge in [0.05, 0.1) is 17.2 Å². The van der Waals surface area contributed by atoms with Crippen molar-refractivity contribution in [2.45, 2.75) is 0 Å². The van der Waals surface area contributed by atoms with Crippen LogP contribution in [0.25, 0.3) is 21.8 Å². The maximum absolute atomic E-state index is 11.5. The molecular formula is C13H7N3O. The molecule has 4 nitrogen and oxygen atoms in total. The van der Waals surface area contributed by atoms with E-state index in [2.05, 4.69) is 9.97 Å². The van der Waals surface area contributed by atoms with Crippen LogP contribution in [0.2, 0.25) is 0 Å². The second-order valence-corrected chi connectivity index (χ2v) is 3.73. The van der Waals surface area contributed by atoms with E-state index < -0.39 is 0 Å². The number of benzene rings is 1. The summed E-state index contributed by atoms with van der Waals surface area (Å²) in [7, 11) is 0. The fourth-order valence-electron chi connectivity index (χ4n) is 1.90. The molecule has 0 aliphatic rings. The van der Waals surface area contributed by atoms with Gasteiger partial charge in [-0.15, -0.1) is 0 Å². The molecule has 0 radical (unpaired) electrons. The van der Waals surface area contributed by atoms with Gasteiger partial charge in [0.15, 0.2) is 0 Å². The first kappa shape index (κ1) is 9.55. The Kier molecular flexibility index (Phi) is 1.92. The highest BCUT2D eigenvalue weighted by atomic mass is 16.1. The first-order valence-corrected chi connectivity index (χ1v) is 5.10. The summed E-state index contributed by atoms with van der Waals surface area (Å²) < 4.78 is 0. The number of aromatic amines is 1. The number of hydrogen-bond acceptors (Lipinski definition) is 3. The van der Waals surface area contributed by atoms with Crippen molar-refractivity contribution in [3.8, 4) is 6.07 Å². The third kappa shape index (κ3) is 1.37. The van der Waals surface area contributed by atoms with Gasteiger partial charge in [-0.2, -0.15) is 5.26 Å². The Balaban J connectivity index is 2.58. The molecule has 3 aromatic rings. The Morgan fingerprint density at radius 1 is 1.24 bits per heavy atom. The average Bonchev–Trinajstić information content (AvgIpc) is 2.37. The smallest absolute Gasteiger partial charge is 0.266 e. The number of H-pyrrole nitrogens is 1. The Labute approximate surface area is 96.2 Å². The zero-order chi connectivity index (χ0) is 11.8. The van der Waals surface area contributed by atoms with E-state index in [4.69, 9.17) is 5.26 Å². The highest BCUT2D eigenvalue weighted by molar-refractivity contribution is 6.04. The van der Waals surface area contributed by atoms with Crippen molar-refractivity contribution < 1.29 is 0 Å². The van der Waals surface area contributed by atoms with Gasteiger partial charge in [0.1, 0.15) is 11.6 Å². The lowest BCUT2D eigenvalue weighted by molar-refractivity contribution is 1.26. The van der Waals surface area contributed by atoms with Gasteiger partial charge in [0.2, 0.25) is 0 Å². The van der Waals surface area contributed by atoms with Gasteiger partial charge in [-0.1, -0.05) is 18.2 Å². The highest BCUT2D eigenvalue weighted by Crippen LogP contribution is 2.21. The van der Waals surface area contributed by atoms with Crippen LogP contribution < -0.4 is 5.56 Å². The second kappa shape index (κ2) is 3.42. The van der Waals surface area contributed by atoms with Gasteiger partial charge in [0.25, 0.3) is 5.56 Å². The van der Waals surface area contributed by atoms with Crippen LogP contribution in [0.4, 0.5) is 0 Å². The normalized spacial score (nSPS) is 10.5. The van der Waals surface area contributed by atoms with Crippen LogP contribution in [-0.4, -0.2) is 9.97 Å². The number of aromatic nitrogens is 2. The van der Waals surface area contributed by atoms with Crippen molar-refractivity contribution in [3.63, 3.8) is 0 Å². The van der Waals surface area contributed by atoms with E-state index >= 15 is 0 Å². The van der Waals surface area contributed by atoms with Crippen molar-refractivity contribution >= 4 is 21.8 Å². The van der Waals surface area contributed by atoms with E-state index in [-0.39, 0.29) is 11.1 Å². The molecule has 0 amide bonds. The van der Waals surface area contributed by atoms with Crippen LogP contribution >= 0.6 is 0 Å². The predicted octanol–water partition coefficient (Wildman–Crippen LogP) is 1.95. The largest absolute Gasteiger partial charge is 0.319 e. The molecule has 0 bridgehead atoms. The monoisotopic (exact) mass is 221 g/mol. The Morgan fingerprint density at radius 2 is 2.06 bits per heavy atom. The Hall–Kier alpha value is -2.67. The van der Waals surface area contributed by atoms with E-state index in [1.54, 1.807) is 12.3 Å². The lowest BCUT2D eigenvalue weighted by Gasteiger charge is -2.02. The summed E-state index contributed by atoms with van der Waals surface area (Å²) in [6.45, 7) is 0. The Morgan fingerprint density at radius 3 is 2.88 bits per heavy atom. The lowest BCUT2D eigenvalue weighted by atomic mass is 10.1.